The van der Waals surface area contributed by atoms with Crippen molar-refractivity contribution in [1.82, 2.24) is 0 Å². The van der Waals surface area contributed by atoms with Gasteiger partial charge in [-0.25, -0.2) is 8.96 Å². The number of aryl methyl sites for hydroxylation is 3. The lowest BCUT2D eigenvalue weighted by Crippen LogP contribution is -2.46. The van der Waals surface area contributed by atoms with Gasteiger partial charge in [-0.2, -0.15) is 0 Å². The lowest BCUT2D eigenvalue weighted by molar-refractivity contribution is -0.659. The molecule has 0 aliphatic rings. The van der Waals surface area contributed by atoms with E-state index in [1.807, 2.05) is 6.07 Å². The quantitative estimate of drug-likeness (QED) is 0.545. The molecular formula is C21H31FNSi+. The van der Waals surface area contributed by atoms with Crippen LogP contribution in [0.4, 0.5) is 4.39 Å². The Morgan fingerprint density at radius 2 is 1.54 bits per heavy atom. The summed E-state index contributed by atoms with van der Waals surface area (Å²) in [6.45, 7) is 17.5. The molecule has 0 atom stereocenters. The van der Waals surface area contributed by atoms with Crippen LogP contribution in [0.15, 0.2) is 24.4 Å². The molecule has 1 nitrogen and oxygen atoms in total. The second-order valence-electron chi connectivity index (χ2n) is 9.01. The van der Waals surface area contributed by atoms with E-state index in [1.165, 1.54) is 10.8 Å². The fourth-order valence-electron chi connectivity index (χ4n) is 3.33. The maximum Gasteiger partial charge on any atom is 0.212 e. The van der Waals surface area contributed by atoms with Crippen LogP contribution in [0.5, 0.6) is 0 Å². The highest BCUT2D eigenvalue weighted by Crippen LogP contribution is 2.31. The third-order valence-electron chi connectivity index (χ3n) is 4.69. The first-order chi connectivity index (χ1) is 10.8. The van der Waals surface area contributed by atoms with Gasteiger partial charge in [-0.1, -0.05) is 46.5 Å². The zero-order valence-electron chi connectivity index (χ0n) is 16.6. The molecule has 0 saturated carbocycles. The summed E-state index contributed by atoms with van der Waals surface area (Å²) in [6.07, 6.45) is 2.24. The third kappa shape index (κ3) is 3.61. The molecular weight excluding hydrogens is 313 g/mol. The van der Waals surface area contributed by atoms with Crippen molar-refractivity contribution in [2.24, 2.45) is 7.05 Å². The van der Waals surface area contributed by atoms with E-state index in [-0.39, 0.29) is 11.2 Å². The minimum atomic E-state index is -1.39. The maximum absolute atomic E-state index is 14.7. The Kier molecular flexibility index (Phi) is 4.80. The maximum atomic E-state index is 14.7. The molecule has 1 aromatic heterocycles. The van der Waals surface area contributed by atoms with Crippen molar-refractivity contribution in [3.8, 4) is 11.3 Å². The van der Waals surface area contributed by atoms with E-state index >= 15 is 0 Å². The van der Waals surface area contributed by atoms with Crippen LogP contribution in [-0.4, -0.2) is 8.07 Å². The lowest BCUT2D eigenvalue weighted by Gasteiger charge is -2.22. The number of pyridine rings is 1. The summed E-state index contributed by atoms with van der Waals surface area (Å²) in [5.41, 5.74) is 5.08. The molecule has 24 heavy (non-hydrogen) atoms. The number of halogens is 1. The van der Waals surface area contributed by atoms with Crippen molar-refractivity contribution < 1.29 is 8.96 Å². The molecule has 0 aliphatic carbocycles. The van der Waals surface area contributed by atoms with Gasteiger partial charge in [0.2, 0.25) is 5.69 Å². The third-order valence-corrected chi connectivity index (χ3v) is 6.83. The Balaban J connectivity index is 2.66. The Hall–Kier alpha value is -1.48. The van der Waals surface area contributed by atoms with E-state index in [0.717, 1.165) is 22.4 Å². The van der Waals surface area contributed by atoms with Crippen LogP contribution >= 0.6 is 0 Å². The summed E-state index contributed by atoms with van der Waals surface area (Å²) in [6, 6.07) is 5.93. The zero-order chi connectivity index (χ0) is 18.4. The van der Waals surface area contributed by atoms with Gasteiger partial charge in [0.1, 0.15) is 12.9 Å². The number of hydrogen-bond donors (Lipinski definition) is 0. The Labute approximate surface area is 147 Å². The summed E-state index contributed by atoms with van der Waals surface area (Å²) in [4.78, 5) is 0. The lowest BCUT2D eigenvalue weighted by atomic mass is 9.84. The van der Waals surface area contributed by atoms with Crippen LogP contribution in [-0.2, 0) is 12.5 Å². The first-order valence-electron chi connectivity index (χ1n) is 8.64. The van der Waals surface area contributed by atoms with Crippen LogP contribution in [0.3, 0.4) is 0 Å². The first-order valence-corrected chi connectivity index (χ1v) is 12.1. The van der Waals surface area contributed by atoms with Crippen LogP contribution in [0.1, 0.15) is 37.5 Å². The van der Waals surface area contributed by atoms with Crippen LogP contribution in [0.2, 0.25) is 19.6 Å². The summed E-state index contributed by atoms with van der Waals surface area (Å²) in [7, 11) is 0.677. The largest absolute Gasteiger partial charge is 0.212 e. The summed E-state index contributed by atoms with van der Waals surface area (Å²) >= 11 is 0. The van der Waals surface area contributed by atoms with E-state index < -0.39 is 8.07 Å². The molecule has 0 fully saturated rings. The topological polar surface area (TPSA) is 3.88 Å². The second-order valence-corrected chi connectivity index (χ2v) is 14.1. The molecule has 2 aromatic rings. The predicted molar refractivity (Wildman–Crippen MR) is 104 cm³/mol. The highest BCUT2D eigenvalue weighted by Gasteiger charge is 2.26. The summed E-state index contributed by atoms with van der Waals surface area (Å²) < 4.78 is 16.9. The highest BCUT2D eigenvalue weighted by atomic mass is 28.3. The van der Waals surface area contributed by atoms with Gasteiger partial charge in [0.25, 0.3) is 0 Å². The minimum Gasteiger partial charge on any atom is -0.207 e. The summed E-state index contributed by atoms with van der Waals surface area (Å²) in [5, 5.41) is 1.46. The van der Waals surface area contributed by atoms with E-state index in [9.17, 15) is 4.39 Å². The van der Waals surface area contributed by atoms with E-state index in [2.05, 4.69) is 78.1 Å². The number of hydrogen-bond acceptors (Lipinski definition) is 0. The average molecular weight is 345 g/mol. The zero-order valence-corrected chi connectivity index (χ0v) is 17.6. The van der Waals surface area contributed by atoms with Gasteiger partial charge in [-0.05, 0) is 42.0 Å². The van der Waals surface area contributed by atoms with Gasteiger partial charge in [0.05, 0.1) is 13.6 Å². The molecule has 0 bridgehead atoms. The van der Waals surface area contributed by atoms with Crippen molar-refractivity contribution in [2.75, 3.05) is 0 Å². The molecule has 1 aromatic carbocycles. The van der Waals surface area contributed by atoms with Gasteiger partial charge in [-0.3, -0.25) is 0 Å². The van der Waals surface area contributed by atoms with Crippen molar-refractivity contribution in [1.29, 1.82) is 0 Å². The van der Waals surface area contributed by atoms with Gasteiger partial charge in [-0.15, -0.1) is 0 Å². The Morgan fingerprint density at radius 3 is 2.04 bits per heavy atom. The normalized spacial score (nSPS) is 12.6. The molecule has 0 unspecified atom stereocenters. The van der Waals surface area contributed by atoms with Crippen LogP contribution < -0.4 is 9.75 Å². The molecule has 0 spiro atoms. The number of aromatic nitrogens is 1. The molecule has 0 saturated heterocycles. The summed E-state index contributed by atoms with van der Waals surface area (Å²) in [5.74, 6) is -0.116. The molecule has 0 N–H and O–H groups in total. The van der Waals surface area contributed by atoms with E-state index in [4.69, 9.17) is 0 Å². The standard InChI is InChI=1S/C21H31FNSi/c1-14-10-17(21(3,4)5)18(22)12-16(14)19-11-15(2)20(13-23(19)6)24(7,8)9/h10-13H,1-9H3/q+1. The predicted octanol–water partition coefficient (Wildman–Crippen LogP) is 4.78. The van der Waals surface area contributed by atoms with E-state index in [1.54, 1.807) is 6.07 Å². The Bertz CT molecular complexity index is 712. The molecule has 2 rings (SSSR count). The fourth-order valence-corrected chi connectivity index (χ4v) is 5.17. The highest BCUT2D eigenvalue weighted by molar-refractivity contribution is 6.88. The van der Waals surface area contributed by atoms with Gasteiger partial charge in [0.15, 0.2) is 6.20 Å². The average Bonchev–Trinajstić information content (AvgIpc) is 2.41. The molecule has 0 radical (unpaired) electrons. The second kappa shape index (κ2) is 6.11. The van der Waals surface area contributed by atoms with Crippen molar-refractivity contribution in [2.45, 2.75) is 59.7 Å². The Morgan fingerprint density at radius 1 is 0.958 bits per heavy atom. The van der Waals surface area contributed by atoms with E-state index in [0.29, 0.717) is 0 Å². The van der Waals surface area contributed by atoms with Gasteiger partial charge < -0.3 is 0 Å². The van der Waals surface area contributed by atoms with Gasteiger partial charge in [0, 0.05) is 11.3 Å². The fraction of sp³-hybridized carbons (Fsp3) is 0.476. The number of benzene rings is 1. The van der Waals surface area contributed by atoms with Crippen molar-refractivity contribution in [3.05, 3.63) is 46.9 Å². The SMILES string of the molecule is Cc1cc(C(C)(C)C)c(F)cc1-c1cc(C)c([Si](C)(C)C)c[n+]1C. The van der Waals surface area contributed by atoms with Crippen molar-refractivity contribution in [3.63, 3.8) is 0 Å². The molecule has 130 valence electrons. The van der Waals surface area contributed by atoms with Gasteiger partial charge >= 0.3 is 0 Å². The van der Waals surface area contributed by atoms with Crippen molar-refractivity contribution >= 4 is 13.3 Å². The monoisotopic (exact) mass is 344 g/mol. The van der Waals surface area contributed by atoms with Crippen LogP contribution in [0.25, 0.3) is 11.3 Å². The smallest absolute Gasteiger partial charge is 0.207 e. The number of rotatable bonds is 2. The molecule has 3 heteroatoms. The molecule has 1 heterocycles. The molecule has 0 amide bonds. The molecule has 0 aliphatic heterocycles. The minimum absolute atomic E-state index is 0.116. The first kappa shape index (κ1) is 18.8. The number of nitrogens with zero attached hydrogens (tertiary/aromatic N) is 1. The van der Waals surface area contributed by atoms with Crippen LogP contribution in [0, 0.1) is 19.7 Å².